The van der Waals surface area contributed by atoms with Gasteiger partial charge < -0.3 is 10.5 Å². The summed E-state index contributed by atoms with van der Waals surface area (Å²) in [4.78, 5) is 24.6. The highest BCUT2D eigenvalue weighted by Crippen LogP contribution is 2.11. The van der Waals surface area contributed by atoms with E-state index in [0.29, 0.717) is 0 Å². The maximum absolute atomic E-state index is 11.3. The maximum Gasteiger partial charge on any atom is 0.306 e. The summed E-state index contributed by atoms with van der Waals surface area (Å²) in [5.74, 6) is -1.20. The molecule has 1 amide bonds. The second kappa shape index (κ2) is 5.97. The van der Waals surface area contributed by atoms with Gasteiger partial charge in [-0.1, -0.05) is 5.11 Å². The van der Waals surface area contributed by atoms with E-state index in [-0.39, 0.29) is 12.8 Å². The Morgan fingerprint density at radius 2 is 2.06 bits per heavy atom. The number of ether oxygens (including phenoxy) is 1. The molecule has 2 N–H and O–H groups in total. The molecule has 7 heteroatoms. The second-order valence-corrected chi connectivity index (χ2v) is 4.25. The number of rotatable bonds is 5. The van der Waals surface area contributed by atoms with Crippen LogP contribution in [0.25, 0.3) is 10.4 Å². The van der Waals surface area contributed by atoms with Crippen LogP contribution < -0.4 is 5.73 Å². The number of amides is 1. The molecule has 1 atom stereocenters. The van der Waals surface area contributed by atoms with Gasteiger partial charge in [-0.25, -0.2) is 0 Å². The normalized spacial score (nSPS) is 12.4. The van der Waals surface area contributed by atoms with Crippen molar-refractivity contribution in [2.24, 2.45) is 10.8 Å². The summed E-state index contributed by atoms with van der Waals surface area (Å²) in [5, 5.41) is 3.19. The first-order valence-corrected chi connectivity index (χ1v) is 4.81. The molecule has 0 aliphatic heterocycles. The average molecular weight is 228 g/mol. The molecule has 0 aromatic carbocycles. The minimum Gasteiger partial charge on any atom is -0.460 e. The van der Waals surface area contributed by atoms with E-state index in [1.54, 1.807) is 20.8 Å². The van der Waals surface area contributed by atoms with Crippen molar-refractivity contribution in [2.45, 2.75) is 45.3 Å². The average Bonchev–Trinajstić information content (AvgIpc) is 2.08. The van der Waals surface area contributed by atoms with Crippen molar-refractivity contribution >= 4 is 11.9 Å². The Morgan fingerprint density at radius 3 is 2.44 bits per heavy atom. The lowest BCUT2D eigenvalue weighted by molar-refractivity contribution is -0.155. The predicted octanol–water partition coefficient (Wildman–Crippen LogP) is 1.27. The molecule has 0 aliphatic rings. The van der Waals surface area contributed by atoms with Gasteiger partial charge in [0.15, 0.2) is 0 Å². The molecule has 0 aliphatic carbocycles. The third-order valence-electron chi connectivity index (χ3n) is 1.56. The van der Waals surface area contributed by atoms with Gasteiger partial charge in [0.1, 0.15) is 11.6 Å². The van der Waals surface area contributed by atoms with Gasteiger partial charge in [-0.15, -0.1) is 0 Å². The first kappa shape index (κ1) is 14.2. The van der Waals surface area contributed by atoms with Crippen LogP contribution in [0, 0.1) is 0 Å². The minimum atomic E-state index is -1.00. The number of esters is 1. The molecule has 90 valence electrons. The van der Waals surface area contributed by atoms with Crippen molar-refractivity contribution in [1.82, 2.24) is 0 Å². The van der Waals surface area contributed by atoms with E-state index in [9.17, 15) is 9.59 Å². The number of hydrogen-bond acceptors (Lipinski definition) is 4. The van der Waals surface area contributed by atoms with Crippen LogP contribution in [0.15, 0.2) is 5.11 Å². The summed E-state index contributed by atoms with van der Waals surface area (Å²) in [6.45, 7) is 5.22. The summed E-state index contributed by atoms with van der Waals surface area (Å²) < 4.78 is 5.02. The van der Waals surface area contributed by atoms with E-state index >= 15 is 0 Å². The van der Waals surface area contributed by atoms with E-state index in [1.165, 1.54) is 0 Å². The highest BCUT2D eigenvalue weighted by molar-refractivity contribution is 5.80. The fourth-order valence-corrected chi connectivity index (χ4v) is 0.966. The van der Waals surface area contributed by atoms with Crippen molar-refractivity contribution in [1.29, 1.82) is 0 Å². The van der Waals surface area contributed by atoms with Gasteiger partial charge in [-0.2, -0.15) is 0 Å². The quantitative estimate of drug-likeness (QED) is 0.330. The van der Waals surface area contributed by atoms with E-state index in [0.717, 1.165) is 0 Å². The van der Waals surface area contributed by atoms with Gasteiger partial charge in [0.25, 0.3) is 0 Å². The topological polar surface area (TPSA) is 118 Å². The van der Waals surface area contributed by atoms with Gasteiger partial charge >= 0.3 is 5.97 Å². The SMILES string of the molecule is CC(C)(C)OC(=O)CC[C@H](N=[N+]=[N-])C(N)=O. The zero-order valence-corrected chi connectivity index (χ0v) is 9.64. The van der Waals surface area contributed by atoms with Crippen LogP contribution in [-0.4, -0.2) is 23.5 Å². The Morgan fingerprint density at radius 1 is 1.50 bits per heavy atom. The molecule has 0 bridgehead atoms. The molecule has 0 rings (SSSR count). The Kier molecular flexibility index (Phi) is 5.32. The third kappa shape index (κ3) is 6.67. The summed E-state index contributed by atoms with van der Waals surface area (Å²) in [7, 11) is 0. The van der Waals surface area contributed by atoms with Crippen LogP contribution in [0.2, 0.25) is 0 Å². The first-order chi connectivity index (χ1) is 7.26. The first-order valence-electron chi connectivity index (χ1n) is 4.81. The van der Waals surface area contributed by atoms with E-state index in [4.69, 9.17) is 16.0 Å². The fourth-order valence-electron chi connectivity index (χ4n) is 0.966. The number of hydrogen-bond donors (Lipinski definition) is 1. The van der Waals surface area contributed by atoms with Gasteiger partial charge in [0.2, 0.25) is 5.91 Å². The Balaban J connectivity index is 4.17. The smallest absolute Gasteiger partial charge is 0.306 e. The summed E-state index contributed by atoms with van der Waals surface area (Å²) in [6.07, 6.45) is 0.0538. The lowest BCUT2D eigenvalue weighted by atomic mass is 10.1. The lowest BCUT2D eigenvalue weighted by Gasteiger charge is -2.19. The van der Waals surface area contributed by atoms with E-state index in [2.05, 4.69) is 10.0 Å². The molecule has 0 heterocycles. The maximum atomic E-state index is 11.3. The Bertz CT molecular complexity index is 313. The number of carbonyl (C=O) groups is 2. The number of nitrogens with two attached hydrogens (primary N) is 1. The Labute approximate surface area is 93.6 Å². The van der Waals surface area contributed by atoms with Crippen LogP contribution in [0.4, 0.5) is 0 Å². The largest absolute Gasteiger partial charge is 0.460 e. The molecule has 0 spiro atoms. The van der Waals surface area contributed by atoms with Crippen LogP contribution in [0.3, 0.4) is 0 Å². The zero-order valence-electron chi connectivity index (χ0n) is 9.64. The minimum absolute atomic E-state index is 0.0100. The molecule has 0 radical (unpaired) electrons. The number of primary amides is 1. The Hall–Kier alpha value is -1.75. The summed E-state index contributed by atoms with van der Waals surface area (Å²) in [5.41, 5.74) is 12.6. The molecule has 0 unspecified atom stereocenters. The van der Waals surface area contributed by atoms with Crippen molar-refractivity contribution in [3.63, 3.8) is 0 Å². The fraction of sp³-hybridized carbons (Fsp3) is 0.778. The van der Waals surface area contributed by atoms with Gasteiger partial charge in [0.05, 0.1) is 0 Å². The zero-order chi connectivity index (χ0) is 12.8. The molecule has 0 saturated carbocycles. The molecule has 0 saturated heterocycles. The molecule has 16 heavy (non-hydrogen) atoms. The molecule has 0 fully saturated rings. The van der Waals surface area contributed by atoms with Crippen molar-refractivity contribution < 1.29 is 14.3 Å². The molecule has 0 aromatic heterocycles. The number of carbonyl (C=O) groups excluding carboxylic acids is 2. The van der Waals surface area contributed by atoms with Gasteiger partial charge in [0, 0.05) is 11.3 Å². The molecular formula is C9H16N4O3. The standard InChI is InChI=1S/C9H16N4O3/c1-9(2,3)16-7(14)5-4-6(8(10)15)12-13-11/h6H,4-5H2,1-3H3,(H2,10,15)/t6-/m0/s1. The number of nitrogens with zero attached hydrogens (tertiary/aromatic N) is 3. The van der Waals surface area contributed by atoms with E-state index in [1.807, 2.05) is 0 Å². The monoisotopic (exact) mass is 228 g/mol. The van der Waals surface area contributed by atoms with Crippen LogP contribution in [0.5, 0.6) is 0 Å². The van der Waals surface area contributed by atoms with Crippen molar-refractivity contribution in [2.75, 3.05) is 0 Å². The van der Waals surface area contributed by atoms with Crippen LogP contribution in [-0.2, 0) is 14.3 Å². The third-order valence-corrected chi connectivity index (χ3v) is 1.56. The van der Waals surface area contributed by atoms with E-state index < -0.39 is 23.5 Å². The second-order valence-electron chi connectivity index (χ2n) is 4.25. The molecule has 7 nitrogen and oxygen atoms in total. The van der Waals surface area contributed by atoms with Crippen LogP contribution >= 0.6 is 0 Å². The number of azide groups is 1. The van der Waals surface area contributed by atoms with Crippen LogP contribution in [0.1, 0.15) is 33.6 Å². The van der Waals surface area contributed by atoms with Gasteiger partial charge in [-0.05, 0) is 32.7 Å². The highest BCUT2D eigenvalue weighted by Gasteiger charge is 2.19. The highest BCUT2D eigenvalue weighted by atomic mass is 16.6. The molecule has 0 aromatic rings. The predicted molar refractivity (Wildman–Crippen MR) is 57.2 cm³/mol. The summed E-state index contributed by atoms with van der Waals surface area (Å²) >= 11 is 0. The van der Waals surface area contributed by atoms with Crippen molar-refractivity contribution in [3.8, 4) is 0 Å². The van der Waals surface area contributed by atoms with Crippen molar-refractivity contribution in [3.05, 3.63) is 10.4 Å². The van der Waals surface area contributed by atoms with Gasteiger partial charge in [-0.3, -0.25) is 9.59 Å². The lowest BCUT2D eigenvalue weighted by Crippen LogP contribution is -2.29. The molecular weight excluding hydrogens is 212 g/mol. The summed E-state index contributed by atoms with van der Waals surface area (Å²) in [6, 6.07) is -1.00.